The highest BCUT2D eigenvalue weighted by Gasteiger charge is 2.09. The van der Waals surface area contributed by atoms with Gasteiger partial charge in [-0.15, -0.1) is 0 Å². The van der Waals surface area contributed by atoms with E-state index in [0.717, 1.165) is 30.5 Å². The zero-order chi connectivity index (χ0) is 21.7. The van der Waals surface area contributed by atoms with E-state index in [1.807, 2.05) is 0 Å². The summed E-state index contributed by atoms with van der Waals surface area (Å²) < 4.78 is 22.6. The zero-order valence-electron chi connectivity index (χ0n) is 17.3. The van der Waals surface area contributed by atoms with Gasteiger partial charge in [0.15, 0.2) is 0 Å². The molecule has 0 saturated heterocycles. The van der Waals surface area contributed by atoms with E-state index in [1.54, 1.807) is 12.1 Å². The predicted octanol–water partition coefficient (Wildman–Crippen LogP) is 1.82. The van der Waals surface area contributed by atoms with Crippen LogP contribution in [0.5, 0.6) is 0 Å². The molecule has 30 heavy (non-hydrogen) atoms. The van der Waals surface area contributed by atoms with Crippen LogP contribution < -0.4 is 10.5 Å². The second-order valence-electron chi connectivity index (χ2n) is 7.71. The number of nitrogens with zero attached hydrogens (tertiary/aromatic N) is 1. The molecule has 4 N–H and O–H groups in total. The van der Waals surface area contributed by atoms with Crippen molar-refractivity contribution in [2.45, 2.75) is 24.2 Å². The molecule has 0 aliphatic carbocycles. The summed E-state index contributed by atoms with van der Waals surface area (Å²) >= 11 is 0. The molecule has 0 bridgehead atoms. The topological polar surface area (TPSA) is 108 Å². The molecule has 8 heteroatoms. The largest absolute Gasteiger partial charge is 0.361 e. The van der Waals surface area contributed by atoms with Gasteiger partial charge in [-0.3, -0.25) is 4.79 Å². The number of rotatable bonds is 9. The molecular formula is C22H28N4O3S. The number of hydrogen-bond donors (Lipinski definition) is 3. The summed E-state index contributed by atoms with van der Waals surface area (Å²) in [5.74, 6) is -0.104. The SMILES string of the molecule is CN(C)CCc1c[nH]c2ccc(CCNC(=O)Cc3ccc(S(N)(=O)=O)cc3)cc12. The highest BCUT2D eigenvalue weighted by molar-refractivity contribution is 7.89. The summed E-state index contributed by atoms with van der Waals surface area (Å²) in [6.07, 6.45) is 3.99. The molecular weight excluding hydrogens is 400 g/mol. The number of amides is 1. The maximum Gasteiger partial charge on any atom is 0.238 e. The van der Waals surface area contributed by atoms with E-state index >= 15 is 0 Å². The lowest BCUT2D eigenvalue weighted by molar-refractivity contribution is -0.120. The molecule has 1 heterocycles. The van der Waals surface area contributed by atoms with Gasteiger partial charge in [0.25, 0.3) is 0 Å². The summed E-state index contributed by atoms with van der Waals surface area (Å²) in [6.45, 7) is 1.53. The number of aromatic amines is 1. The van der Waals surface area contributed by atoms with Gasteiger partial charge in [-0.2, -0.15) is 0 Å². The van der Waals surface area contributed by atoms with Crippen LogP contribution in [0.2, 0.25) is 0 Å². The van der Waals surface area contributed by atoms with E-state index in [9.17, 15) is 13.2 Å². The Labute approximate surface area is 177 Å². The molecule has 0 atom stereocenters. The van der Waals surface area contributed by atoms with Crippen LogP contribution in [0.4, 0.5) is 0 Å². The van der Waals surface area contributed by atoms with E-state index < -0.39 is 10.0 Å². The molecule has 0 spiro atoms. The number of sulfonamides is 1. The molecule has 1 amide bonds. The average Bonchev–Trinajstić information content (AvgIpc) is 3.08. The Morgan fingerprint density at radius 3 is 2.43 bits per heavy atom. The molecule has 0 fully saturated rings. The highest BCUT2D eigenvalue weighted by Crippen LogP contribution is 2.21. The number of fused-ring (bicyclic) bond motifs is 1. The summed E-state index contributed by atoms with van der Waals surface area (Å²) in [7, 11) is 0.413. The molecule has 0 aliphatic heterocycles. The van der Waals surface area contributed by atoms with E-state index in [4.69, 9.17) is 5.14 Å². The second kappa shape index (κ2) is 9.42. The fraction of sp³-hybridized carbons (Fsp3) is 0.318. The van der Waals surface area contributed by atoms with Crippen molar-refractivity contribution >= 4 is 26.8 Å². The third kappa shape index (κ3) is 5.91. The summed E-state index contributed by atoms with van der Waals surface area (Å²) in [5.41, 5.74) is 4.33. The molecule has 2 aromatic carbocycles. The number of H-pyrrole nitrogens is 1. The van der Waals surface area contributed by atoms with Gasteiger partial charge >= 0.3 is 0 Å². The van der Waals surface area contributed by atoms with Gasteiger partial charge in [-0.25, -0.2) is 13.6 Å². The fourth-order valence-corrected chi connectivity index (χ4v) is 3.84. The van der Waals surface area contributed by atoms with Crippen molar-refractivity contribution in [3.63, 3.8) is 0 Å². The van der Waals surface area contributed by atoms with Crippen molar-refractivity contribution in [2.24, 2.45) is 5.14 Å². The Kier molecular flexibility index (Phi) is 6.91. The normalized spacial score (nSPS) is 11.9. The third-order valence-corrected chi connectivity index (χ3v) is 5.94. The number of hydrogen-bond acceptors (Lipinski definition) is 4. The lowest BCUT2D eigenvalue weighted by Gasteiger charge is -2.09. The lowest BCUT2D eigenvalue weighted by atomic mass is 10.1. The van der Waals surface area contributed by atoms with E-state index in [0.29, 0.717) is 6.54 Å². The Morgan fingerprint density at radius 2 is 1.77 bits per heavy atom. The number of carbonyl (C=O) groups excluding carboxylic acids is 1. The molecule has 0 aliphatic rings. The fourth-order valence-electron chi connectivity index (χ4n) is 3.32. The summed E-state index contributed by atoms with van der Waals surface area (Å²) in [4.78, 5) is 17.7. The number of nitrogens with two attached hydrogens (primary N) is 1. The van der Waals surface area contributed by atoms with Crippen LogP contribution in [0.25, 0.3) is 10.9 Å². The van der Waals surface area contributed by atoms with Gasteiger partial charge in [0.1, 0.15) is 0 Å². The van der Waals surface area contributed by atoms with Crippen molar-refractivity contribution < 1.29 is 13.2 Å². The van der Waals surface area contributed by atoms with Crippen LogP contribution in [0.1, 0.15) is 16.7 Å². The molecule has 3 aromatic rings. The van der Waals surface area contributed by atoms with E-state index in [1.165, 1.54) is 28.6 Å². The minimum Gasteiger partial charge on any atom is -0.361 e. The van der Waals surface area contributed by atoms with Crippen molar-refractivity contribution in [1.82, 2.24) is 15.2 Å². The molecule has 0 unspecified atom stereocenters. The van der Waals surface area contributed by atoms with Crippen LogP contribution in [-0.4, -0.2) is 51.4 Å². The number of likely N-dealkylation sites (N-methyl/N-ethyl adjacent to an activating group) is 1. The van der Waals surface area contributed by atoms with Crippen LogP contribution >= 0.6 is 0 Å². The number of carbonyl (C=O) groups is 1. The minimum atomic E-state index is -3.72. The molecule has 7 nitrogen and oxygen atoms in total. The average molecular weight is 429 g/mol. The quantitative estimate of drug-likeness (QED) is 0.483. The standard InChI is InChI=1S/C22H28N4O3S/c1-26(2)12-10-18-15-25-21-8-5-17(13-20(18)21)9-11-24-22(27)14-16-3-6-19(7-4-16)30(23,28)29/h3-8,13,15,25H,9-12,14H2,1-2H3,(H,24,27)(H2,23,28,29). The van der Waals surface area contributed by atoms with Crippen molar-refractivity contribution in [2.75, 3.05) is 27.2 Å². The number of primary sulfonamides is 1. The first kappa shape index (κ1) is 22.0. The van der Waals surface area contributed by atoms with Gasteiger partial charge in [0.2, 0.25) is 15.9 Å². The molecule has 3 rings (SSSR count). The summed E-state index contributed by atoms with van der Waals surface area (Å²) in [5, 5.41) is 9.24. The van der Waals surface area contributed by atoms with Crippen LogP contribution in [0.15, 0.2) is 53.6 Å². The Bertz CT molecular complexity index is 1120. The van der Waals surface area contributed by atoms with Crippen molar-refractivity contribution in [1.29, 1.82) is 0 Å². The Hall–Kier alpha value is -2.68. The lowest BCUT2D eigenvalue weighted by Crippen LogP contribution is -2.27. The first-order valence-corrected chi connectivity index (χ1v) is 11.4. The first-order valence-electron chi connectivity index (χ1n) is 9.84. The zero-order valence-corrected chi connectivity index (χ0v) is 18.1. The van der Waals surface area contributed by atoms with E-state index in [-0.39, 0.29) is 17.2 Å². The minimum absolute atomic E-state index is 0.0387. The smallest absolute Gasteiger partial charge is 0.238 e. The van der Waals surface area contributed by atoms with Gasteiger partial charge < -0.3 is 15.2 Å². The monoisotopic (exact) mass is 428 g/mol. The van der Waals surface area contributed by atoms with E-state index in [2.05, 4.69) is 53.7 Å². The van der Waals surface area contributed by atoms with Gasteiger partial charge in [0.05, 0.1) is 11.3 Å². The first-order chi connectivity index (χ1) is 14.2. The maximum absolute atomic E-state index is 12.2. The number of benzene rings is 2. The predicted molar refractivity (Wildman–Crippen MR) is 119 cm³/mol. The number of aromatic nitrogens is 1. The molecule has 1 aromatic heterocycles. The van der Waals surface area contributed by atoms with Crippen LogP contribution in [0.3, 0.4) is 0 Å². The van der Waals surface area contributed by atoms with Crippen molar-refractivity contribution in [3.8, 4) is 0 Å². The highest BCUT2D eigenvalue weighted by atomic mass is 32.2. The molecule has 0 radical (unpaired) electrons. The van der Waals surface area contributed by atoms with Gasteiger partial charge in [0, 0.05) is 30.2 Å². The summed E-state index contributed by atoms with van der Waals surface area (Å²) in [6, 6.07) is 12.4. The Balaban J connectivity index is 1.53. The number of nitrogens with one attached hydrogen (secondary N) is 2. The Morgan fingerprint density at radius 1 is 1.07 bits per heavy atom. The van der Waals surface area contributed by atoms with Crippen LogP contribution in [-0.2, 0) is 34.1 Å². The van der Waals surface area contributed by atoms with Crippen molar-refractivity contribution in [3.05, 3.63) is 65.4 Å². The maximum atomic E-state index is 12.2. The third-order valence-electron chi connectivity index (χ3n) is 5.01. The van der Waals surface area contributed by atoms with Crippen LogP contribution in [0, 0.1) is 0 Å². The van der Waals surface area contributed by atoms with Gasteiger partial charge in [-0.1, -0.05) is 18.2 Å². The second-order valence-corrected chi connectivity index (χ2v) is 9.27. The van der Waals surface area contributed by atoms with Gasteiger partial charge in [-0.05, 0) is 67.9 Å². The molecule has 0 saturated carbocycles. The molecule has 160 valence electrons.